The molecule has 3 aromatic rings. The van der Waals surface area contributed by atoms with Crippen LogP contribution in [0.2, 0.25) is 0 Å². The van der Waals surface area contributed by atoms with Gasteiger partial charge in [0.25, 0.3) is 0 Å². The van der Waals surface area contributed by atoms with E-state index in [4.69, 9.17) is 0 Å². The molecule has 4 rings (SSSR count). The van der Waals surface area contributed by atoms with E-state index in [0.717, 1.165) is 16.4 Å². The van der Waals surface area contributed by atoms with Crippen molar-refractivity contribution in [3.63, 3.8) is 0 Å². The number of rotatable bonds is 4. The van der Waals surface area contributed by atoms with Gasteiger partial charge in [-0.15, -0.1) is 10.2 Å². The quantitative estimate of drug-likeness (QED) is 0.628. The Labute approximate surface area is 171 Å². The summed E-state index contributed by atoms with van der Waals surface area (Å²) in [7, 11) is -4.27. The second-order valence-corrected chi connectivity index (χ2v) is 8.63. The number of aromatic nitrogens is 3. The van der Waals surface area contributed by atoms with Gasteiger partial charge in [0.15, 0.2) is 11.6 Å². The van der Waals surface area contributed by atoms with Gasteiger partial charge in [0.2, 0.25) is 10.0 Å². The minimum Gasteiger partial charge on any atom is -0.352 e. The van der Waals surface area contributed by atoms with Crippen molar-refractivity contribution in [3.8, 4) is 5.82 Å². The van der Waals surface area contributed by atoms with Gasteiger partial charge in [0.1, 0.15) is 0 Å². The SMILES string of the molecule is O=S(=O)(c1ccccc1C(F)(F)F)N1CCN(c2ccc(-n3cccc3)nn2)CC1. The highest BCUT2D eigenvalue weighted by atomic mass is 32.2. The molecule has 1 aliphatic heterocycles. The van der Waals surface area contributed by atoms with Gasteiger partial charge < -0.3 is 9.47 Å². The largest absolute Gasteiger partial charge is 0.417 e. The highest BCUT2D eigenvalue weighted by Gasteiger charge is 2.39. The first-order valence-corrected chi connectivity index (χ1v) is 10.6. The number of nitrogens with zero attached hydrogens (tertiary/aromatic N) is 5. The van der Waals surface area contributed by atoms with Gasteiger partial charge in [-0.3, -0.25) is 0 Å². The van der Waals surface area contributed by atoms with E-state index in [2.05, 4.69) is 10.2 Å². The predicted octanol–water partition coefficient (Wildman–Crippen LogP) is 2.80. The van der Waals surface area contributed by atoms with Crippen LogP contribution in [0.5, 0.6) is 0 Å². The Balaban J connectivity index is 1.48. The molecule has 1 aliphatic rings. The molecule has 0 unspecified atom stereocenters. The van der Waals surface area contributed by atoms with E-state index >= 15 is 0 Å². The van der Waals surface area contributed by atoms with Crippen LogP contribution >= 0.6 is 0 Å². The normalized spacial score (nSPS) is 16.0. The fourth-order valence-corrected chi connectivity index (χ4v) is 4.97. The maximum Gasteiger partial charge on any atom is 0.417 e. The van der Waals surface area contributed by atoms with E-state index < -0.39 is 26.7 Å². The topological polar surface area (TPSA) is 71.3 Å². The average Bonchev–Trinajstić information content (AvgIpc) is 3.28. The molecule has 2 aromatic heterocycles. The molecule has 1 fully saturated rings. The Morgan fingerprint density at radius 3 is 2.00 bits per heavy atom. The monoisotopic (exact) mass is 437 g/mol. The number of anilines is 1. The summed E-state index contributed by atoms with van der Waals surface area (Å²) in [4.78, 5) is 1.13. The zero-order valence-corrected chi connectivity index (χ0v) is 16.5. The molecule has 0 aliphatic carbocycles. The fraction of sp³-hybridized carbons (Fsp3) is 0.263. The second kappa shape index (κ2) is 7.73. The van der Waals surface area contributed by atoms with Crippen molar-refractivity contribution in [2.45, 2.75) is 11.1 Å². The molecule has 0 spiro atoms. The van der Waals surface area contributed by atoms with Crippen LogP contribution in [0.3, 0.4) is 0 Å². The van der Waals surface area contributed by atoms with E-state index in [9.17, 15) is 21.6 Å². The van der Waals surface area contributed by atoms with Crippen molar-refractivity contribution < 1.29 is 21.6 Å². The lowest BCUT2D eigenvalue weighted by molar-refractivity contribution is -0.139. The van der Waals surface area contributed by atoms with Crippen molar-refractivity contribution in [2.24, 2.45) is 0 Å². The summed E-state index contributed by atoms with van der Waals surface area (Å²) in [5, 5.41) is 8.35. The van der Waals surface area contributed by atoms with E-state index in [1.807, 2.05) is 29.4 Å². The molecule has 158 valence electrons. The Kier molecular flexibility index (Phi) is 5.24. The van der Waals surface area contributed by atoms with Crippen LogP contribution in [0.15, 0.2) is 65.8 Å². The fourth-order valence-electron chi connectivity index (χ4n) is 3.33. The first-order chi connectivity index (χ1) is 14.3. The summed E-state index contributed by atoms with van der Waals surface area (Å²) in [6.07, 6.45) is -1.07. The first kappa shape index (κ1) is 20.4. The van der Waals surface area contributed by atoms with Gasteiger partial charge in [-0.05, 0) is 36.4 Å². The van der Waals surface area contributed by atoms with Gasteiger partial charge in [-0.25, -0.2) is 8.42 Å². The van der Waals surface area contributed by atoms with E-state index in [-0.39, 0.29) is 13.1 Å². The number of hydrogen-bond acceptors (Lipinski definition) is 5. The van der Waals surface area contributed by atoms with Crippen molar-refractivity contribution in [2.75, 3.05) is 31.1 Å². The molecule has 7 nitrogen and oxygen atoms in total. The van der Waals surface area contributed by atoms with E-state index in [0.29, 0.717) is 24.7 Å². The predicted molar refractivity (Wildman–Crippen MR) is 104 cm³/mol. The minimum absolute atomic E-state index is 0.0511. The summed E-state index contributed by atoms with van der Waals surface area (Å²) in [6.45, 7) is 0.695. The third-order valence-corrected chi connectivity index (χ3v) is 6.84. The maximum absolute atomic E-state index is 13.3. The summed E-state index contributed by atoms with van der Waals surface area (Å²) >= 11 is 0. The van der Waals surface area contributed by atoms with Gasteiger partial charge >= 0.3 is 6.18 Å². The molecular formula is C19H18F3N5O2S. The minimum atomic E-state index is -4.75. The van der Waals surface area contributed by atoms with Crippen LogP contribution < -0.4 is 4.90 Å². The number of piperazine rings is 1. The maximum atomic E-state index is 13.3. The molecule has 11 heteroatoms. The number of sulfonamides is 1. The summed E-state index contributed by atoms with van der Waals surface area (Å²) < 4.78 is 68.4. The van der Waals surface area contributed by atoms with Gasteiger partial charge in [0, 0.05) is 38.6 Å². The Morgan fingerprint density at radius 2 is 1.40 bits per heavy atom. The number of halogens is 3. The van der Waals surface area contributed by atoms with Crippen molar-refractivity contribution in [1.82, 2.24) is 19.1 Å². The molecule has 30 heavy (non-hydrogen) atoms. The summed E-state index contributed by atoms with van der Waals surface area (Å²) in [5.41, 5.74) is -1.15. The molecule has 0 N–H and O–H groups in total. The van der Waals surface area contributed by atoms with Crippen molar-refractivity contribution >= 4 is 15.8 Å². The molecule has 0 amide bonds. The zero-order chi connectivity index (χ0) is 21.4. The number of hydrogen-bond donors (Lipinski definition) is 0. The van der Waals surface area contributed by atoms with Crippen molar-refractivity contribution in [3.05, 3.63) is 66.5 Å². The van der Waals surface area contributed by atoms with Crippen LogP contribution in [0.1, 0.15) is 5.56 Å². The van der Waals surface area contributed by atoms with Crippen LogP contribution in [0.4, 0.5) is 19.0 Å². The Morgan fingerprint density at radius 1 is 0.800 bits per heavy atom. The third-order valence-electron chi connectivity index (χ3n) is 4.88. The highest BCUT2D eigenvalue weighted by Crippen LogP contribution is 2.35. The van der Waals surface area contributed by atoms with E-state index in [1.54, 1.807) is 16.7 Å². The lowest BCUT2D eigenvalue weighted by Gasteiger charge is -2.34. The molecule has 1 saturated heterocycles. The van der Waals surface area contributed by atoms with Gasteiger partial charge in [-0.1, -0.05) is 12.1 Å². The van der Waals surface area contributed by atoms with Gasteiger partial charge in [0.05, 0.1) is 10.5 Å². The molecule has 0 saturated carbocycles. The first-order valence-electron chi connectivity index (χ1n) is 9.15. The molecule has 0 radical (unpaired) electrons. The van der Waals surface area contributed by atoms with Crippen LogP contribution in [0, 0.1) is 0 Å². The van der Waals surface area contributed by atoms with E-state index in [1.165, 1.54) is 12.1 Å². The Hall–Kier alpha value is -2.92. The summed E-state index contributed by atoms with van der Waals surface area (Å²) in [5.74, 6) is 1.23. The lowest BCUT2D eigenvalue weighted by Crippen LogP contribution is -2.49. The second-order valence-electron chi connectivity index (χ2n) is 6.73. The molecule has 0 bridgehead atoms. The molecule has 0 atom stereocenters. The van der Waals surface area contributed by atoms with Crippen LogP contribution in [-0.2, 0) is 16.2 Å². The molecule has 1 aromatic carbocycles. The van der Waals surface area contributed by atoms with Gasteiger partial charge in [-0.2, -0.15) is 17.5 Å². The standard InChI is InChI=1S/C19H18F3N5O2S/c20-19(21,22)15-5-1-2-6-16(15)30(28,29)27-13-11-26(12-14-27)18-8-7-17(23-24-18)25-9-3-4-10-25/h1-10H,11-14H2. The van der Waals surface area contributed by atoms with Crippen LogP contribution in [-0.4, -0.2) is 53.7 Å². The number of benzene rings is 1. The molecular weight excluding hydrogens is 419 g/mol. The third kappa shape index (κ3) is 3.90. The average molecular weight is 437 g/mol. The van der Waals surface area contributed by atoms with Crippen molar-refractivity contribution in [1.29, 1.82) is 0 Å². The highest BCUT2D eigenvalue weighted by molar-refractivity contribution is 7.89. The number of alkyl halides is 3. The summed E-state index contributed by atoms with van der Waals surface area (Å²) in [6, 6.07) is 11.6. The smallest absolute Gasteiger partial charge is 0.352 e. The van der Waals surface area contributed by atoms with Crippen LogP contribution in [0.25, 0.3) is 5.82 Å². The Bertz CT molecular complexity index is 1110. The lowest BCUT2D eigenvalue weighted by atomic mass is 10.2. The zero-order valence-electron chi connectivity index (χ0n) is 15.7. The molecule has 3 heterocycles.